The second-order valence-corrected chi connectivity index (χ2v) is 4.28. The molecule has 0 fully saturated rings. The number of carbonyl (C=O) groups excluding carboxylic acids is 4. The molecular weight excluding hydrogens is 252 g/mol. The van der Waals surface area contributed by atoms with Crippen LogP contribution in [0.4, 0.5) is 0 Å². The van der Waals surface area contributed by atoms with Crippen molar-refractivity contribution in [3.8, 4) is 0 Å². The molecule has 8 nitrogen and oxygen atoms in total. The summed E-state index contributed by atoms with van der Waals surface area (Å²) >= 11 is 0. The van der Waals surface area contributed by atoms with E-state index in [1.54, 1.807) is 0 Å². The van der Waals surface area contributed by atoms with Gasteiger partial charge in [-0.3, -0.25) is 25.0 Å². The molecule has 0 aromatic rings. The second-order valence-electron chi connectivity index (χ2n) is 4.28. The van der Waals surface area contributed by atoms with Crippen molar-refractivity contribution >= 4 is 23.4 Å². The molecule has 0 aliphatic rings. The maximum Gasteiger partial charge on any atom is 0.246 e. The summed E-state index contributed by atoms with van der Waals surface area (Å²) in [5.41, 5.74) is 2.06. The summed E-state index contributed by atoms with van der Waals surface area (Å²) in [5.74, 6) is 3.19. The molecule has 0 heterocycles. The molecular formula is C11H20N4O4. The van der Waals surface area contributed by atoms with Gasteiger partial charge in [0.15, 0.2) is 17.6 Å². The number of nitrogens with one attached hydrogen (secondary N) is 3. The first-order chi connectivity index (χ1) is 8.70. The summed E-state index contributed by atoms with van der Waals surface area (Å²) in [6.45, 7) is 5.52. The number of nitrogens with two attached hydrogens (primary N) is 1. The largest absolute Gasteiger partial charge is 0.345 e. The molecule has 3 unspecified atom stereocenters. The summed E-state index contributed by atoms with van der Waals surface area (Å²) in [4.78, 5) is 45.4. The van der Waals surface area contributed by atoms with Crippen LogP contribution in [0.25, 0.3) is 0 Å². The molecule has 0 saturated heterocycles. The van der Waals surface area contributed by atoms with Gasteiger partial charge in [-0.05, 0) is 27.7 Å². The van der Waals surface area contributed by atoms with Crippen LogP contribution < -0.4 is 21.9 Å². The molecule has 0 bridgehead atoms. The van der Waals surface area contributed by atoms with Crippen LogP contribution in [-0.4, -0.2) is 41.5 Å². The van der Waals surface area contributed by atoms with E-state index in [1.807, 2.05) is 0 Å². The van der Waals surface area contributed by atoms with Crippen LogP contribution >= 0.6 is 0 Å². The number of ketones is 2. The van der Waals surface area contributed by atoms with Gasteiger partial charge in [0, 0.05) is 0 Å². The first-order valence-electron chi connectivity index (χ1n) is 5.78. The fraction of sp³-hybridized carbons (Fsp3) is 0.636. The van der Waals surface area contributed by atoms with E-state index in [1.165, 1.54) is 27.7 Å². The Morgan fingerprint density at radius 2 is 1.32 bits per heavy atom. The van der Waals surface area contributed by atoms with E-state index in [0.717, 1.165) is 0 Å². The highest BCUT2D eigenvalue weighted by Gasteiger charge is 2.25. The summed E-state index contributed by atoms with van der Waals surface area (Å²) < 4.78 is 0. The predicted molar refractivity (Wildman–Crippen MR) is 67.7 cm³/mol. The number of hydrogen-bond donors (Lipinski definition) is 4. The van der Waals surface area contributed by atoms with E-state index in [0.29, 0.717) is 0 Å². The molecule has 0 aliphatic heterocycles. The highest BCUT2D eigenvalue weighted by molar-refractivity contribution is 6.05. The van der Waals surface area contributed by atoms with Crippen molar-refractivity contribution in [1.82, 2.24) is 16.1 Å². The van der Waals surface area contributed by atoms with E-state index >= 15 is 0 Å². The molecule has 0 saturated carbocycles. The highest BCUT2D eigenvalue weighted by Crippen LogP contribution is 1.91. The maximum absolute atomic E-state index is 11.7. The first kappa shape index (κ1) is 17.2. The molecule has 108 valence electrons. The normalized spacial score (nSPS) is 15.0. The number of amides is 2. The van der Waals surface area contributed by atoms with Crippen molar-refractivity contribution in [3.63, 3.8) is 0 Å². The lowest BCUT2D eigenvalue weighted by Crippen LogP contribution is -2.56. The van der Waals surface area contributed by atoms with Crippen LogP contribution in [0.5, 0.6) is 0 Å². The zero-order valence-electron chi connectivity index (χ0n) is 11.4. The molecule has 0 aliphatic carbocycles. The molecule has 5 N–H and O–H groups in total. The molecule has 0 aromatic heterocycles. The van der Waals surface area contributed by atoms with Crippen LogP contribution in [0.3, 0.4) is 0 Å². The fourth-order valence-electron chi connectivity index (χ4n) is 1.18. The van der Waals surface area contributed by atoms with Crippen LogP contribution in [0, 0.1) is 0 Å². The number of hydrogen-bond acceptors (Lipinski definition) is 6. The summed E-state index contributed by atoms with van der Waals surface area (Å²) in [6.07, 6.45) is 0. The summed E-state index contributed by atoms with van der Waals surface area (Å²) in [5, 5.41) is 4.76. The van der Waals surface area contributed by atoms with Gasteiger partial charge < -0.3 is 10.6 Å². The van der Waals surface area contributed by atoms with E-state index in [-0.39, 0.29) is 5.78 Å². The van der Waals surface area contributed by atoms with Crippen LogP contribution in [-0.2, 0) is 19.2 Å². The van der Waals surface area contributed by atoms with Gasteiger partial charge in [-0.1, -0.05) is 0 Å². The minimum absolute atomic E-state index is 0.197. The molecule has 2 amide bonds. The molecule has 19 heavy (non-hydrogen) atoms. The predicted octanol–water partition coefficient (Wildman–Crippen LogP) is -1.99. The van der Waals surface area contributed by atoms with Crippen molar-refractivity contribution in [1.29, 1.82) is 0 Å². The second kappa shape index (κ2) is 7.59. The Morgan fingerprint density at radius 1 is 0.842 bits per heavy atom. The molecule has 3 atom stereocenters. The SMILES string of the molecule is CC(=O)C(C)NC(=O)C(C)NC(=O)C(NN)C(C)=O. The van der Waals surface area contributed by atoms with Gasteiger partial charge in [0.25, 0.3) is 0 Å². The van der Waals surface area contributed by atoms with Gasteiger partial charge in [-0.2, -0.15) is 0 Å². The van der Waals surface area contributed by atoms with Gasteiger partial charge in [-0.15, -0.1) is 0 Å². The molecule has 0 rings (SSSR count). The molecule has 0 radical (unpaired) electrons. The Morgan fingerprint density at radius 3 is 1.68 bits per heavy atom. The van der Waals surface area contributed by atoms with E-state index < -0.39 is 35.7 Å². The Kier molecular flexibility index (Phi) is 6.87. The van der Waals surface area contributed by atoms with E-state index in [9.17, 15) is 19.2 Å². The van der Waals surface area contributed by atoms with Crippen molar-refractivity contribution in [2.45, 2.75) is 45.8 Å². The van der Waals surface area contributed by atoms with Crippen molar-refractivity contribution < 1.29 is 19.2 Å². The zero-order valence-corrected chi connectivity index (χ0v) is 11.4. The van der Waals surface area contributed by atoms with Gasteiger partial charge in [0.1, 0.15) is 6.04 Å². The standard InChI is InChI=1S/C11H20N4O4/c1-5(7(3)16)13-10(18)6(2)14-11(19)9(15-12)8(4)17/h5-6,9,15H,12H2,1-4H3,(H,13,18)(H,14,19). The monoisotopic (exact) mass is 272 g/mol. The third-order valence-electron chi connectivity index (χ3n) is 2.56. The first-order valence-corrected chi connectivity index (χ1v) is 5.78. The Balaban J connectivity index is 4.48. The minimum atomic E-state index is -1.21. The Hall–Kier alpha value is -1.80. The van der Waals surface area contributed by atoms with E-state index in [2.05, 4.69) is 16.1 Å². The van der Waals surface area contributed by atoms with Crippen molar-refractivity contribution in [2.75, 3.05) is 0 Å². The fourth-order valence-corrected chi connectivity index (χ4v) is 1.18. The van der Waals surface area contributed by atoms with Crippen molar-refractivity contribution in [3.05, 3.63) is 0 Å². The topological polar surface area (TPSA) is 130 Å². The van der Waals surface area contributed by atoms with Crippen molar-refractivity contribution in [2.24, 2.45) is 5.84 Å². The van der Waals surface area contributed by atoms with Gasteiger partial charge in [-0.25, -0.2) is 5.43 Å². The quantitative estimate of drug-likeness (QED) is 0.241. The zero-order chi connectivity index (χ0) is 15.2. The lowest BCUT2D eigenvalue weighted by molar-refractivity contribution is -0.134. The number of carbonyl (C=O) groups is 4. The van der Waals surface area contributed by atoms with Gasteiger partial charge >= 0.3 is 0 Å². The van der Waals surface area contributed by atoms with Gasteiger partial charge in [0.05, 0.1) is 6.04 Å². The van der Waals surface area contributed by atoms with Crippen LogP contribution in [0.15, 0.2) is 0 Å². The maximum atomic E-state index is 11.7. The molecule has 0 spiro atoms. The average molecular weight is 272 g/mol. The van der Waals surface area contributed by atoms with Crippen LogP contribution in [0.2, 0.25) is 0 Å². The molecule has 8 heteroatoms. The Bertz CT molecular complexity index is 383. The lowest BCUT2D eigenvalue weighted by atomic mass is 10.1. The average Bonchev–Trinajstić information content (AvgIpc) is 2.28. The third kappa shape index (κ3) is 5.58. The summed E-state index contributed by atoms with van der Waals surface area (Å²) in [7, 11) is 0. The minimum Gasteiger partial charge on any atom is -0.345 e. The van der Waals surface area contributed by atoms with Gasteiger partial charge in [0.2, 0.25) is 11.8 Å². The molecule has 0 aromatic carbocycles. The lowest BCUT2D eigenvalue weighted by Gasteiger charge is -2.19. The number of rotatable bonds is 7. The van der Waals surface area contributed by atoms with Crippen LogP contribution in [0.1, 0.15) is 27.7 Å². The smallest absolute Gasteiger partial charge is 0.246 e. The third-order valence-corrected chi connectivity index (χ3v) is 2.56. The number of hydrazine groups is 1. The highest BCUT2D eigenvalue weighted by atomic mass is 16.2. The summed E-state index contributed by atoms with van der Waals surface area (Å²) in [6, 6.07) is -2.73. The number of Topliss-reactive ketones (excluding diaryl/α,β-unsaturated/α-hetero) is 2. The van der Waals surface area contributed by atoms with E-state index in [4.69, 9.17) is 5.84 Å². The Labute approximate surface area is 111 Å².